The molecule has 0 N–H and O–H groups in total. The highest BCUT2D eigenvalue weighted by atomic mass is 16.5. The van der Waals surface area contributed by atoms with Gasteiger partial charge in [-0.3, -0.25) is 0 Å². The number of nitriles is 1. The van der Waals surface area contributed by atoms with Gasteiger partial charge in [0.2, 0.25) is 5.75 Å². The Balaban J connectivity index is 3.53. The first-order chi connectivity index (χ1) is 9.23. The van der Waals surface area contributed by atoms with Gasteiger partial charge in [0, 0.05) is 18.7 Å². The second kappa shape index (κ2) is 7.29. The van der Waals surface area contributed by atoms with Crippen LogP contribution >= 0.6 is 0 Å². The zero-order chi connectivity index (χ0) is 14.3. The van der Waals surface area contributed by atoms with Gasteiger partial charge in [-0.25, -0.2) is 0 Å². The van der Waals surface area contributed by atoms with Gasteiger partial charge in [0.15, 0.2) is 11.5 Å². The Labute approximate surface area is 113 Å². The lowest BCUT2D eigenvalue weighted by Crippen LogP contribution is -2.02. The largest absolute Gasteiger partial charge is 0.493 e. The van der Waals surface area contributed by atoms with E-state index in [-0.39, 0.29) is 0 Å². The van der Waals surface area contributed by atoms with Crippen LogP contribution in [0.2, 0.25) is 0 Å². The molecule has 0 aliphatic carbocycles. The van der Waals surface area contributed by atoms with Gasteiger partial charge in [0.25, 0.3) is 0 Å². The second-order valence-corrected chi connectivity index (χ2v) is 3.61. The van der Waals surface area contributed by atoms with Crippen molar-refractivity contribution in [2.45, 2.75) is 6.61 Å². The van der Waals surface area contributed by atoms with Gasteiger partial charge in [0.1, 0.15) is 0 Å². The molecule has 0 aromatic heterocycles. The molecule has 0 radical (unpaired) electrons. The topological polar surface area (TPSA) is 60.7 Å². The summed E-state index contributed by atoms with van der Waals surface area (Å²) in [5.74, 6) is 1.59. The molecule has 0 amide bonds. The van der Waals surface area contributed by atoms with Crippen LogP contribution in [0.15, 0.2) is 12.1 Å². The van der Waals surface area contributed by atoms with Crippen molar-refractivity contribution >= 4 is 6.08 Å². The van der Waals surface area contributed by atoms with Crippen molar-refractivity contribution in [3.05, 3.63) is 23.3 Å². The Kier molecular flexibility index (Phi) is 5.71. The minimum Gasteiger partial charge on any atom is -0.493 e. The molecule has 1 rings (SSSR count). The third-order valence-electron chi connectivity index (χ3n) is 2.59. The van der Waals surface area contributed by atoms with Gasteiger partial charge in [-0.2, -0.15) is 5.26 Å². The van der Waals surface area contributed by atoms with Gasteiger partial charge < -0.3 is 18.9 Å². The lowest BCUT2D eigenvalue weighted by atomic mass is 10.0. The fourth-order valence-electron chi connectivity index (χ4n) is 1.80. The van der Waals surface area contributed by atoms with E-state index in [1.54, 1.807) is 40.6 Å². The first-order valence-electron chi connectivity index (χ1n) is 5.60. The van der Waals surface area contributed by atoms with E-state index in [4.69, 9.17) is 24.2 Å². The number of ether oxygens (including phenoxy) is 4. The average Bonchev–Trinajstić information content (AvgIpc) is 2.45. The summed E-state index contributed by atoms with van der Waals surface area (Å²) < 4.78 is 21.1. The lowest BCUT2D eigenvalue weighted by molar-refractivity contribution is 0.180. The normalized spacial score (nSPS) is 10.3. The van der Waals surface area contributed by atoms with Crippen molar-refractivity contribution in [3.63, 3.8) is 0 Å². The number of methoxy groups -OCH3 is 4. The zero-order valence-electron chi connectivity index (χ0n) is 11.5. The van der Waals surface area contributed by atoms with Crippen LogP contribution in [0, 0.1) is 11.3 Å². The minimum atomic E-state index is 0.342. The van der Waals surface area contributed by atoms with Crippen molar-refractivity contribution < 1.29 is 18.9 Å². The van der Waals surface area contributed by atoms with Crippen LogP contribution in [0.3, 0.4) is 0 Å². The van der Waals surface area contributed by atoms with Crippen molar-refractivity contribution in [1.29, 1.82) is 5.26 Å². The fourth-order valence-corrected chi connectivity index (χ4v) is 1.80. The Morgan fingerprint density at radius 3 is 2.26 bits per heavy atom. The maximum absolute atomic E-state index is 8.65. The summed E-state index contributed by atoms with van der Waals surface area (Å²) in [6.45, 7) is 0.342. The van der Waals surface area contributed by atoms with Crippen molar-refractivity contribution in [2.75, 3.05) is 28.4 Å². The van der Waals surface area contributed by atoms with Gasteiger partial charge in [-0.15, -0.1) is 0 Å². The van der Waals surface area contributed by atoms with Crippen LogP contribution in [-0.4, -0.2) is 28.4 Å². The average molecular weight is 263 g/mol. The molecule has 0 bridgehead atoms. The smallest absolute Gasteiger partial charge is 0.203 e. The number of benzene rings is 1. The summed E-state index contributed by atoms with van der Waals surface area (Å²) in [6.07, 6.45) is 3.07. The monoisotopic (exact) mass is 263 g/mol. The summed E-state index contributed by atoms with van der Waals surface area (Å²) in [6, 6.07) is 3.74. The fraction of sp³-hybridized carbons (Fsp3) is 0.357. The first-order valence-corrected chi connectivity index (χ1v) is 5.60. The van der Waals surface area contributed by atoms with E-state index in [1.165, 1.54) is 6.08 Å². The van der Waals surface area contributed by atoms with Crippen LogP contribution in [0.4, 0.5) is 0 Å². The van der Waals surface area contributed by atoms with Gasteiger partial charge in [0.05, 0.1) is 34.0 Å². The minimum absolute atomic E-state index is 0.342. The summed E-state index contributed by atoms with van der Waals surface area (Å²) in [5, 5.41) is 8.65. The molecule has 1 aromatic rings. The number of hydrogen-bond acceptors (Lipinski definition) is 5. The molecule has 0 aliphatic rings. The number of rotatable bonds is 6. The summed E-state index contributed by atoms with van der Waals surface area (Å²) >= 11 is 0. The molecule has 5 heteroatoms. The van der Waals surface area contributed by atoms with Gasteiger partial charge in [-0.1, -0.05) is 0 Å². The Morgan fingerprint density at radius 2 is 1.79 bits per heavy atom. The number of hydrogen-bond donors (Lipinski definition) is 0. The number of allylic oxidation sites excluding steroid dienone is 1. The highest BCUT2D eigenvalue weighted by Crippen LogP contribution is 2.42. The van der Waals surface area contributed by atoms with Gasteiger partial charge in [-0.05, 0) is 17.7 Å². The second-order valence-electron chi connectivity index (χ2n) is 3.61. The molecule has 102 valence electrons. The highest BCUT2D eigenvalue weighted by molar-refractivity contribution is 5.68. The van der Waals surface area contributed by atoms with Crippen LogP contribution in [-0.2, 0) is 11.3 Å². The zero-order valence-corrected chi connectivity index (χ0v) is 11.5. The molecule has 19 heavy (non-hydrogen) atoms. The molecule has 0 spiro atoms. The molecule has 5 nitrogen and oxygen atoms in total. The van der Waals surface area contributed by atoms with E-state index in [1.807, 2.05) is 6.07 Å². The van der Waals surface area contributed by atoms with E-state index in [0.29, 0.717) is 23.9 Å². The van der Waals surface area contributed by atoms with Gasteiger partial charge >= 0.3 is 0 Å². The summed E-state index contributed by atoms with van der Waals surface area (Å²) in [4.78, 5) is 0. The van der Waals surface area contributed by atoms with Crippen LogP contribution < -0.4 is 14.2 Å². The molecule has 0 atom stereocenters. The van der Waals surface area contributed by atoms with Crippen molar-refractivity contribution in [1.82, 2.24) is 0 Å². The van der Waals surface area contributed by atoms with E-state index in [0.717, 1.165) is 11.1 Å². The maximum Gasteiger partial charge on any atom is 0.203 e. The van der Waals surface area contributed by atoms with Crippen molar-refractivity contribution in [3.8, 4) is 23.3 Å². The SMILES string of the molecule is COCc1c(C=CC#N)cc(OC)c(OC)c1OC. The highest BCUT2D eigenvalue weighted by Gasteiger charge is 2.19. The summed E-state index contributed by atoms with van der Waals surface area (Å²) in [5.41, 5.74) is 1.59. The molecule has 0 heterocycles. The maximum atomic E-state index is 8.65. The van der Waals surface area contributed by atoms with Crippen molar-refractivity contribution in [2.24, 2.45) is 0 Å². The predicted molar refractivity (Wildman–Crippen MR) is 71.5 cm³/mol. The molecule has 0 saturated heterocycles. The Hall–Kier alpha value is -2.19. The third-order valence-corrected chi connectivity index (χ3v) is 2.59. The lowest BCUT2D eigenvalue weighted by Gasteiger charge is -2.17. The predicted octanol–water partition coefficient (Wildman–Crippen LogP) is 2.40. The van der Waals surface area contributed by atoms with Crippen LogP contribution in [0.1, 0.15) is 11.1 Å². The Morgan fingerprint density at radius 1 is 1.11 bits per heavy atom. The Bertz CT molecular complexity index is 503. The van der Waals surface area contributed by atoms with E-state index < -0.39 is 0 Å². The molecule has 0 unspecified atom stereocenters. The molecule has 0 fully saturated rings. The molecular weight excluding hydrogens is 246 g/mol. The molecular formula is C14H17NO4. The standard InChI is InChI=1S/C14H17NO4/c1-16-9-11-10(6-5-7-15)8-12(17-2)14(19-4)13(11)18-3/h5-6,8H,9H2,1-4H3. The quantitative estimate of drug-likeness (QED) is 0.737. The van der Waals surface area contributed by atoms with E-state index in [9.17, 15) is 0 Å². The van der Waals surface area contributed by atoms with E-state index >= 15 is 0 Å². The molecule has 1 aromatic carbocycles. The third kappa shape index (κ3) is 3.18. The first kappa shape index (κ1) is 14.9. The number of nitrogens with zero attached hydrogens (tertiary/aromatic N) is 1. The molecule has 0 aliphatic heterocycles. The summed E-state index contributed by atoms with van der Waals surface area (Å²) in [7, 11) is 6.23. The van der Waals surface area contributed by atoms with Crippen LogP contribution in [0.25, 0.3) is 6.08 Å². The van der Waals surface area contributed by atoms with Crippen LogP contribution in [0.5, 0.6) is 17.2 Å². The van der Waals surface area contributed by atoms with E-state index in [2.05, 4.69) is 0 Å². The molecule has 0 saturated carbocycles.